The molecule has 0 amide bonds. The second-order valence-corrected chi connectivity index (χ2v) is 11.9. The van der Waals surface area contributed by atoms with Crippen LogP contribution >= 0.6 is 11.3 Å². The molecular weight excluding hydrogens is 528 g/mol. The van der Waals surface area contributed by atoms with Gasteiger partial charge in [-0.05, 0) is 83.6 Å². The molecule has 1 heterocycles. The number of carbonyl (C=O) groups excluding carboxylic acids is 4. The van der Waals surface area contributed by atoms with Gasteiger partial charge in [0.25, 0.3) is 0 Å². The Morgan fingerprint density at radius 2 is 0.780 bits per heavy atom. The highest BCUT2D eigenvalue weighted by atomic mass is 32.1. The van der Waals surface area contributed by atoms with E-state index in [1.165, 1.54) is 0 Å². The van der Waals surface area contributed by atoms with Crippen molar-refractivity contribution in [1.29, 1.82) is 0 Å². The zero-order chi connectivity index (χ0) is 28.7. The van der Waals surface area contributed by atoms with Crippen molar-refractivity contribution in [2.24, 2.45) is 0 Å². The van der Waals surface area contributed by atoms with Crippen LogP contribution in [0.5, 0.6) is 0 Å². The molecule has 4 aromatic carbocycles. The lowest BCUT2D eigenvalue weighted by Gasteiger charge is -2.21. The highest BCUT2D eigenvalue weighted by Crippen LogP contribution is 2.45. The molecule has 5 aromatic rings. The van der Waals surface area contributed by atoms with E-state index in [0.717, 1.165) is 41.7 Å². The van der Waals surface area contributed by atoms with Gasteiger partial charge in [0.2, 0.25) is 0 Å². The number of hydrogen-bond acceptors (Lipinski definition) is 5. The maximum Gasteiger partial charge on any atom is 0.190 e. The van der Waals surface area contributed by atoms with Crippen molar-refractivity contribution in [2.75, 3.05) is 0 Å². The van der Waals surface area contributed by atoms with Gasteiger partial charge in [0, 0.05) is 64.7 Å². The van der Waals surface area contributed by atoms with Crippen LogP contribution in [0, 0.1) is 0 Å². The topological polar surface area (TPSA) is 68.3 Å². The van der Waals surface area contributed by atoms with Gasteiger partial charge < -0.3 is 0 Å². The third-order valence-corrected chi connectivity index (χ3v) is 10.0. The second-order valence-electron chi connectivity index (χ2n) is 10.9. The minimum Gasteiger partial charge on any atom is -0.289 e. The van der Waals surface area contributed by atoms with Crippen molar-refractivity contribution in [3.63, 3.8) is 0 Å². The van der Waals surface area contributed by atoms with Gasteiger partial charge in [-0.15, -0.1) is 11.3 Å². The van der Waals surface area contributed by atoms with E-state index in [-0.39, 0.29) is 23.1 Å². The SMILES string of the molecule is CCC1=C(CC)C(=O)c2cc3c(ccc4sc5ccc6cc7c(cc6c5c43)C(=O)C(CC)=C(CC)C7=O)cc2C1=O. The van der Waals surface area contributed by atoms with Crippen LogP contribution in [0.4, 0.5) is 0 Å². The molecule has 0 N–H and O–H groups in total. The maximum atomic E-state index is 13.6. The van der Waals surface area contributed by atoms with Crippen LogP contribution in [0.3, 0.4) is 0 Å². The van der Waals surface area contributed by atoms with E-state index in [4.69, 9.17) is 0 Å². The van der Waals surface area contributed by atoms with E-state index in [1.54, 1.807) is 11.3 Å². The minimum atomic E-state index is -0.0639. The van der Waals surface area contributed by atoms with Crippen LogP contribution in [0.15, 0.2) is 70.8 Å². The summed E-state index contributed by atoms with van der Waals surface area (Å²) in [4.78, 5) is 54.1. The molecular formula is C36H28O4S. The summed E-state index contributed by atoms with van der Waals surface area (Å²) in [6, 6.07) is 15.7. The zero-order valence-electron chi connectivity index (χ0n) is 23.5. The first-order chi connectivity index (χ1) is 19.8. The van der Waals surface area contributed by atoms with Gasteiger partial charge in [-0.2, -0.15) is 0 Å². The average Bonchev–Trinajstić information content (AvgIpc) is 3.38. The average molecular weight is 557 g/mol. The van der Waals surface area contributed by atoms with E-state index in [2.05, 4.69) is 12.1 Å². The molecule has 0 atom stereocenters. The summed E-state index contributed by atoms with van der Waals surface area (Å²) in [5, 5.41) is 5.65. The van der Waals surface area contributed by atoms with Crippen LogP contribution in [-0.2, 0) is 0 Å². The van der Waals surface area contributed by atoms with Gasteiger partial charge in [-0.3, -0.25) is 19.2 Å². The molecule has 0 aliphatic heterocycles. The highest BCUT2D eigenvalue weighted by Gasteiger charge is 2.32. The molecule has 0 unspecified atom stereocenters. The van der Waals surface area contributed by atoms with Crippen molar-refractivity contribution in [1.82, 2.24) is 0 Å². The van der Waals surface area contributed by atoms with Crippen LogP contribution in [0.2, 0.25) is 0 Å². The normalized spacial score (nSPS) is 15.7. The second kappa shape index (κ2) is 9.15. The Hall–Kier alpha value is -4.22. The number of rotatable bonds is 4. The quantitative estimate of drug-likeness (QED) is 0.221. The predicted octanol–water partition coefficient (Wildman–Crippen LogP) is 9.35. The van der Waals surface area contributed by atoms with Crippen molar-refractivity contribution >= 4 is 76.2 Å². The third kappa shape index (κ3) is 3.39. The van der Waals surface area contributed by atoms with Gasteiger partial charge in [0.1, 0.15) is 0 Å². The Kier molecular flexibility index (Phi) is 5.74. The fourth-order valence-electron chi connectivity index (χ4n) is 6.95. The molecule has 2 aliphatic carbocycles. The minimum absolute atomic E-state index is 0.0531. The first kappa shape index (κ1) is 25.7. The van der Waals surface area contributed by atoms with Gasteiger partial charge in [0.15, 0.2) is 23.1 Å². The lowest BCUT2D eigenvalue weighted by atomic mass is 9.80. The molecule has 4 nitrogen and oxygen atoms in total. The first-order valence-corrected chi connectivity index (χ1v) is 15.2. The molecule has 202 valence electrons. The summed E-state index contributed by atoms with van der Waals surface area (Å²) < 4.78 is 2.13. The first-order valence-electron chi connectivity index (χ1n) is 14.3. The predicted molar refractivity (Wildman–Crippen MR) is 167 cm³/mol. The number of thiophene rings is 1. The molecule has 0 saturated heterocycles. The molecule has 1 aromatic heterocycles. The number of fused-ring (bicyclic) bond motifs is 9. The Labute approximate surface area is 241 Å². The molecule has 0 saturated carbocycles. The number of ketones is 4. The fourth-order valence-corrected chi connectivity index (χ4v) is 8.09. The molecule has 41 heavy (non-hydrogen) atoms. The summed E-state index contributed by atoms with van der Waals surface area (Å²) in [5.74, 6) is -0.234. The van der Waals surface area contributed by atoms with Crippen molar-refractivity contribution in [3.8, 4) is 0 Å². The molecule has 0 radical (unpaired) electrons. The molecule has 0 spiro atoms. The lowest BCUT2D eigenvalue weighted by molar-refractivity contribution is 0.0970. The Morgan fingerprint density at radius 3 is 1.10 bits per heavy atom. The van der Waals surface area contributed by atoms with Crippen molar-refractivity contribution in [3.05, 3.63) is 93.1 Å². The van der Waals surface area contributed by atoms with Gasteiger partial charge in [-0.1, -0.05) is 39.8 Å². The number of benzene rings is 4. The number of hydrogen-bond donors (Lipinski definition) is 0. The zero-order valence-corrected chi connectivity index (χ0v) is 24.3. The Bertz CT molecular complexity index is 2000. The Balaban J connectivity index is 1.56. The van der Waals surface area contributed by atoms with Crippen molar-refractivity contribution in [2.45, 2.75) is 53.4 Å². The van der Waals surface area contributed by atoms with E-state index < -0.39 is 0 Å². The molecule has 7 rings (SSSR count). The van der Waals surface area contributed by atoms with Crippen LogP contribution in [-0.4, -0.2) is 23.1 Å². The lowest BCUT2D eigenvalue weighted by Crippen LogP contribution is -2.21. The van der Waals surface area contributed by atoms with E-state index >= 15 is 0 Å². The summed E-state index contributed by atoms with van der Waals surface area (Å²) in [6.45, 7) is 7.70. The van der Waals surface area contributed by atoms with E-state index in [0.29, 0.717) is 70.2 Å². The smallest absolute Gasteiger partial charge is 0.190 e. The fraction of sp³-hybridized carbons (Fsp3) is 0.222. The summed E-state index contributed by atoms with van der Waals surface area (Å²) >= 11 is 1.66. The molecule has 0 fully saturated rings. The summed E-state index contributed by atoms with van der Waals surface area (Å²) in [6.07, 6.45) is 2.11. The summed E-state index contributed by atoms with van der Waals surface area (Å²) in [7, 11) is 0. The Morgan fingerprint density at radius 1 is 0.463 bits per heavy atom. The van der Waals surface area contributed by atoms with Gasteiger partial charge in [0.05, 0.1) is 0 Å². The third-order valence-electron chi connectivity index (χ3n) is 8.93. The van der Waals surface area contributed by atoms with Gasteiger partial charge in [-0.25, -0.2) is 0 Å². The molecule has 5 heteroatoms. The highest BCUT2D eigenvalue weighted by molar-refractivity contribution is 7.26. The number of carbonyl (C=O) groups is 4. The number of Topliss-reactive ketones (excluding diaryl/α,β-unsaturated/α-hetero) is 4. The number of allylic oxidation sites excluding steroid dienone is 4. The van der Waals surface area contributed by atoms with Crippen LogP contribution < -0.4 is 0 Å². The van der Waals surface area contributed by atoms with E-state index in [9.17, 15) is 19.2 Å². The van der Waals surface area contributed by atoms with E-state index in [1.807, 2.05) is 64.1 Å². The van der Waals surface area contributed by atoms with Crippen LogP contribution in [0.25, 0.3) is 41.7 Å². The van der Waals surface area contributed by atoms with Gasteiger partial charge >= 0.3 is 0 Å². The largest absolute Gasteiger partial charge is 0.289 e. The molecule has 0 bridgehead atoms. The van der Waals surface area contributed by atoms with Crippen LogP contribution in [0.1, 0.15) is 94.8 Å². The maximum absolute atomic E-state index is 13.6. The molecule has 2 aliphatic rings. The monoisotopic (exact) mass is 556 g/mol. The van der Waals surface area contributed by atoms with Crippen molar-refractivity contribution < 1.29 is 19.2 Å². The standard InChI is InChI=1S/C36H28O4S/c1-5-19-21(7-3)35(39)27-15-23-17(13-25(27)33(19)37)9-11-29-31(23)32-24-16-28-26(14-18(24)10-12-30(32)41-29)34(38)20(6-2)22(8-4)36(28)40/h9-16H,5-8H2,1-4H3. The summed E-state index contributed by atoms with van der Waals surface area (Å²) in [5.41, 5.74) is 4.34.